The van der Waals surface area contributed by atoms with Gasteiger partial charge < -0.3 is 20.1 Å². The van der Waals surface area contributed by atoms with Crippen LogP contribution in [0.3, 0.4) is 0 Å². The first-order valence-electron chi connectivity index (χ1n) is 10.6. The van der Waals surface area contributed by atoms with Crippen molar-refractivity contribution in [1.29, 1.82) is 0 Å². The van der Waals surface area contributed by atoms with Crippen molar-refractivity contribution in [2.24, 2.45) is 0 Å². The lowest BCUT2D eigenvalue weighted by atomic mass is 10.2. The summed E-state index contributed by atoms with van der Waals surface area (Å²) in [7, 11) is 0. The normalized spacial score (nSPS) is 10.3. The van der Waals surface area contributed by atoms with Crippen molar-refractivity contribution in [1.82, 2.24) is 10.3 Å². The number of pyridine rings is 1. The average Bonchev–Trinajstić information content (AvgIpc) is 2.83. The van der Waals surface area contributed by atoms with Gasteiger partial charge >= 0.3 is 0 Å². The van der Waals surface area contributed by atoms with Gasteiger partial charge in [-0.1, -0.05) is 25.5 Å². The van der Waals surface area contributed by atoms with Crippen LogP contribution >= 0.6 is 0 Å². The zero-order chi connectivity index (χ0) is 22.6. The van der Waals surface area contributed by atoms with E-state index in [1.54, 1.807) is 54.7 Å². The van der Waals surface area contributed by atoms with Crippen molar-refractivity contribution in [2.45, 2.75) is 26.4 Å². The number of rotatable bonds is 11. The monoisotopic (exact) mass is 433 g/mol. The molecular weight excluding hydrogens is 406 g/mol. The summed E-state index contributed by atoms with van der Waals surface area (Å²) in [5.74, 6) is 0.670. The van der Waals surface area contributed by atoms with E-state index in [0.29, 0.717) is 30.2 Å². The highest BCUT2D eigenvalue weighted by Gasteiger charge is 2.09. The van der Waals surface area contributed by atoms with E-state index in [4.69, 9.17) is 9.47 Å². The van der Waals surface area contributed by atoms with Crippen LogP contribution in [-0.4, -0.2) is 29.9 Å². The summed E-state index contributed by atoms with van der Waals surface area (Å²) in [5, 5.41) is 5.38. The first-order valence-corrected chi connectivity index (χ1v) is 10.6. The fourth-order valence-electron chi connectivity index (χ4n) is 2.81. The Morgan fingerprint density at radius 3 is 2.53 bits per heavy atom. The van der Waals surface area contributed by atoms with Gasteiger partial charge in [0.2, 0.25) is 5.91 Å². The SMILES string of the molecule is CCCCOc1ccc(C(=O)NCC(=O)Nc2cccc(OCc3ccccn3)c2)cc1. The Labute approximate surface area is 187 Å². The molecule has 0 bridgehead atoms. The maximum Gasteiger partial charge on any atom is 0.251 e. The van der Waals surface area contributed by atoms with Crippen LogP contribution in [0.5, 0.6) is 11.5 Å². The zero-order valence-corrected chi connectivity index (χ0v) is 18.0. The molecule has 1 heterocycles. The predicted octanol–water partition coefficient (Wildman–Crippen LogP) is 4.21. The minimum absolute atomic E-state index is 0.146. The van der Waals surface area contributed by atoms with E-state index in [1.165, 1.54) is 0 Å². The van der Waals surface area contributed by atoms with Gasteiger partial charge in [0.1, 0.15) is 18.1 Å². The molecule has 0 radical (unpaired) electrons. The maximum atomic E-state index is 12.3. The van der Waals surface area contributed by atoms with Crippen LogP contribution in [0.25, 0.3) is 0 Å². The Hall–Kier alpha value is -3.87. The number of hydrogen-bond acceptors (Lipinski definition) is 5. The number of nitrogens with zero attached hydrogens (tertiary/aromatic N) is 1. The second kappa shape index (κ2) is 12.1. The third kappa shape index (κ3) is 7.43. The van der Waals surface area contributed by atoms with E-state index in [1.807, 2.05) is 18.2 Å². The molecule has 32 heavy (non-hydrogen) atoms. The Morgan fingerprint density at radius 1 is 0.938 bits per heavy atom. The van der Waals surface area contributed by atoms with Gasteiger partial charge in [-0.25, -0.2) is 0 Å². The predicted molar refractivity (Wildman–Crippen MR) is 123 cm³/mol. The van der Waals surface area contributed by atoms with Crippen molar-refractivity contribution >= 4 is 17.5 Å². The van der Waals surface area contributed by atoms with E-state index in [0.717, 1.165) is 24.3 Å². The molecule has 0 aliphatic rings. The fourth-order valence-corrected chi connectivity index (χ4v) is 2.81. The molecule has 0 saturated carbocycles. The van der Waals surface area contributed by atoms with E-state index in [2.05, 4.69) is 22.5 Å². The average molecular weight is 434 g/mol. The minimum atomic E-state index is -0.334. The Kier molecular flexibility index (Phi) is 8.62. The lowest BCUT2D eigenvalue weighted by Crippen LogP contribution is -2.32. The molecule has 0 spiro atoms. The van der Waals surface area contributed by atoms with Crippen molar-refractivity contribution < 1.29 is 19.1 Å². The van der Waals surface area contributed by atoms with E-state index in [9.17, 15) is 9.59 Å². The number of unbranched alkanes of at least 4 members (excludes halogenated alkanes) is 1. The lowest BCUT2D eigenvalue weighted by Gasteiger charge is -2.10. The van der Waals surface area contributed by atoms with E-state index >= 15 is 0 Å². The molecule has 2 N–H and O–H groups in total. The zero-order valence-electron chi connectivity index (χ0n) is 18.0. The molecule has 166 valence electrons. The molecule has 0 unspecified atom stereocenters. The number of benzene rings is 2. The van der Waals surface area contributed by atoms with E-state index in [-0.39, 0.29) is 18.4 Å². The Bertz CT molecular complexity index is 1010. The first-order chi connectivity index (χ1) is 15.6. The first kappa shape index (κ1) is 22.8. The number of carbonyl (C=O) groups excluding carboxylic acids is 2. The summed E-state index contributed by atoms with van der Waals surface area (Å²) in [5.41, 5.74) is 1.85. The van der Waals surface area contributed by atoms with Crippen LogP contribution in [0, 0.1) is 0 Å². The molecule has 0 fully saturated rings. The molecule has 7 nitrogen and oxygen atoms in total. The molecule has 7 heteroatoms. The van der Waals surface area contributed by atoms with Gasteiger partial charge in [-0.3, -0.25) is 14.6 Å². The van der Waals surface area contributed by atoms with Gasteiger partial charge in [0.15, 0.2) is 0 Å². The fraction of sp³-hybridized carbons (Fsp3) is 0.240. The topological polar surface area (TPSA) is 89.5 Å². The second-order valence-electron chi connectivity index (χ2n) is 7.09. The number of anilines is 1. The molecule has 2 amide bonds. The van der Waals surface area contributed by atoms with Crippen molar-refractivity contribution in [3.63, 3.8) is 0 Å². The molecule has 1 aromatic heterocycles. The van der Waals surface area contributed by atoms with Gasteiger partial charge in [-0.2, -0.15) is 0 Å². The standard InChI is InChI=1S/C25H27N3O4/c1-2-3-15-31-22-12-10-19(11-13-22)25(30)27-17-24(29)28-20-8-6-9-23(16-20)32-18-21-7-4-5-14-26-21/h4-14,16H,2-3,15,17-18H2,1H3,(H,27,30)(H,28,29). The number of amides is 2. The molecule has 0 atom stereocenters. The van der Waals surface area contributed by atoms with Gasteiger partial charge in [-0.15, -0.1) is 0 Å². The molecule has 0 aliphatic heterocycles. The number of hydrogen-bond donors (Lipinski definition) is 2. The van der Waals surface area contributed by atoms with Gasteiger partial charge in [0.05, 0.1) is 18.8 Å². The Morgan fingerprint density at radius 2 is 1.78 bits per heavy atom. The highest BCUT2D eigenvalue weighted by Crippen LogP contribution is 2.18. The summed E-state index contributed by atoms with van der Waals surface area (Å²) in [4.78, 5) is 28.7. The summed E-state index contributed by atoms with van der Waals surface area (Å²) in [6.45, 7) is 2.93. The van der Waals surface area contributed by atoms with Crippen LogP contribution in [-0.2, 0) is 11.4 Å². The molecular formula is C25H27N3O4. The lowest BCUT2D eigenvalue weighted by molar-refractivity contribution is -0.115. The summed E-state index contributed by atoms with van der Waals surface area (Å²) in [6.07, 6.45) is 3.75. The number of carbonyl (C=O) groups is 2. The highest BCUT2D eigenvalue weighted by molar-refractivity contribution is 5.99. The minimum Gasteiger partial charge on any atom is -0.494 e. The summed E-state index contributed by atoms with van der Waals surface area (Å²) < 4.78 is 11.3. The maximum absolute atomic E-state index is 12.3. The van der Waals surface area contributed by atoms with Crippen molar-refractivity contribution in [3.8, 4) is 11.5 Å². The quantitative estimate of drug-likeness (QED) is 0.442. The number of aromatic nitrogens is 1. The summed E-state index contributed by atoms with van der Waals surface area (Å²) >= 11 is 0. The Balaban J connectivity index is 1.44. The van der Waals surface area contributed by atoms with Crippen molar-refractivity contribution in [3.05, 3.63) is 84.2 Å². The van der Waals surface area contributed by atoms with Crippen LogP contribution in [0.15, 0.2) is 72.9 Å². The van der Waals surface area contributed by atoms with E-state index < -0.39 is 0 Å². The van der Waals surface area contributed by atoms with Crippen LogP contribution in [0.4, 0.5) is 5.69 Å². The van der Waals surface area contributed by atoms with Crippen LogP contribution in [0.1, 0.15) is 35.8 Å². The van der Waals surface area contributed by atoms with Gasteiger partial charge in [0, 0.05) is 23.5 Å². The molecule has 0 saturated heterocycles. The van der Waals surface area contributed by atoms with Gasteiger partial charge in [-0.05, 0) is 55.0 Å². The molecule has 3 rings (SSSR count). The summed E-state index contributed by atoms with van der Waals surface area (Å²) in [6, 6.07) is 19.5. The second-order valence-corrected chi connectivity index (χ2v) is 7.09. The third-order valence-corrected chi connectivity index (χ3v) is 4.52. The van der Waals surface area contributed by atoms with Crippen LogP contribution < -0.4 is 20.1 Å². The van der Waals surface area contributed by atoms with Gasteiger partial charge in [0.25, 0.3) is 5.91 Å². The van der Waals surface area contributed by atoms with Crippen LogP contribution in [0.2, 0.25) is 0 Å². The number of ether oxygens (including phenoxy) is 2. The molecule has 0 aliphatic carbocycles. The highest BCUT2D eigenvalue weighted by atomic mass is 16.5. The third-order valence-electron chi connectivity index (χ3n) is 4.52. The molecule has 3 aromatic rings. The largest absolute Gasteiger partial charge is 0.494 e. The molecule has 2 aromatic carbocycles. The van der Waals surface area contributed by atoms with Crippen molar-refractivity contribution in [2.75, 3.05) is 18.5 Å². The smallest absolute Gasteiger partial charge is 0.251 e. The number of nitrogens with one attached hydrogen (secondary N) is 2.